The Morgan fingerprint density at radius 1 is 1.33 bits per heavy atom. The summed E-state index contributed by atoms with van der Waals surface area (Å²) in [6, 6.07) is 3.65. The molecule has 0 bridgehead atoms. The molecular weight excluding hydrogens is 344 g/mol. The fraction of sp³-hybridized carbons (Fsp3) is 0.188. The lowest BCUT2D eigenvalue weighted by molar-refractivity contribution is -0.116. The average molecular weight is 358 g/mol. The van der Waals surface area contributed by atoms with Gasteiger partial charge in [0.1, 0.15) is 5.69 Å². The molecule has 4 rings (SSSR count). The van der Waals surface area contributed by atoms with Crippen molar-refractivity contribution < 1.29 is 9.21 Å². The highest BCUT2D eigenvalue weighted by Crippen LogP contribution is 2.25. The Bertz CT molecular complexity index is 981. The number of fused-ring (bicyclic) bond motifs is 1. The minimum absolute atomic E-state index is 0.0495. The monoisotopic (exact) mass is 358 g/mol. The minimum atomic E-state index is -0.0495. The van der Waals surface area contributed by atoms with Gasteiger partial charge in [-0.1, -0.05) is 0 Å². The van der Waals surface area contributed by atoms with E-state index in [1.54, 1.807) is 17.6 Å². The zero-order chi connectivity index (χ0) is 16.5. The summed E-state index contributed by atoms with van der Waals surface area (Å²) in [6.07, 6.45) is 4.67. The van der Waals surface area contributed by atoms with Gasteiger partial charge in [-0.2, -0.15) is 0 Å². The molecule has 0 aromatic carbocycles. The number of aromatic nitrogens is 3. The van der Waals surface area contributed by atoms with E-state index in [1.807, 2.05) is 40.4 Å². The van der Waals surface area contributed by atoms with Crippen LogP contribution in [0.1, 0.15) is 17.8 Å². The molecule has 0 unspecified atom stereocenters. The molecule has 0 aliphatic rings. The lowest BCUT2D eigenvalue weighted by atomic mass is 10.2. The lowest BCUT2D eigenvalue weighted by Gasteiger charge is -2.01. The van der Waals surface area contributed by atoms with Crippen LogP contribution in [-0.2, 0) is 11.2 Å². The predicted octanol–water partition coefficient (Wildman–Crippen LogP) is 3.99. The maximum atomic E-state index is 12.2. The van der Waals surface area contributed by atoms with Crippen molar-refractivity contribution in [1.82, 2.24) is 14.4 Å². The molecule has 0 saturated heterocycles. The van der Waals surface area contributed by atoms with Crippen LogP contribution in [0, 0.1) is 6.92 Å². The van der Waals surface area contributed by atoms with Crippen LogP contribution >= 0.6 is 22.7 Å². The van der Waals surface area contributed by atoms with Gasteiger partial charge in [-0.05, 0) is 25.5 Å². The van der Waals surface area contributed by atoms with E-state index in [4.69, 9.17) is 4.42 Å². The number of imidazole rings is 1. The standard InChI is InChI=1S/C16H14N4O2S2/c1-10-7-20-11(8-24-16(20)17-10)4-5-14(21)19-15-18-12(9-23-15)13-3-2-6-22-13/h2-3,6-9H,4-5H2,1H3,(H,18,19,21). The Hall–Kier alpha value is -2.45. The Morgan fingerprint density at radius 3 is 3.08 bits per heavy atom. The van der Waals surface area contributed by atoms with Gasteiger partial charge in [0, 0.05) is 29.1 Å². The van der Waals surface area contributed by atoms with Gasteiger partial charge in [0.2, 0.25) is 5.91 Å². The number of carbonyl (C=O) groups is 1. The van der Waals surface area contributed by atoms with E-state index >= 15 is 0 Å². The van der Waals surface area contributed by atoms with E-state index in [1.165, 1.54) is 11.3 Å². The Morgan fingerprint density at radius 2 is 2.25 bits per heavy atom. The third-order valence-electron chi connectivity index (χ3n) is 3.54. The van der Waals surface area contributed by atoms with Crippen LogP contribution < -0.4 is 5.32 Å². The van der Waals surface area contributed by atoms with E-state index in [2.05, 4.69) is 15.3 Å². The fourth-order valence-electron chi connectivity index (χ4n) is 2.41. The molecule has 1 N–H and O–H groups in total. The second-order valence-corrected chi connectivity index (χ2v) is 7.02. The number of carbonyl (C=O) groups excluding carboxylic acids is 1. The quantitative estimate of drug-likeness (QED) is 0.585. The number of anilines is 1. The molecule has 0 saturated carbocycles. The molecule has 0 atom stereocenters. The third kappa shape index (κ3) is 2.98. The number of hydrogen-bond acceptors (Lipinski definition) is 6. The average Bonchev–Trinajstić information content (AvgIpc) is 3.29. The van der Waals surface area contributed by atoms with E-state index < -0.39 is 0 Å². The van der Waals surface area contributed by atoms with E-state index in [0.717, 1.165) is 22.0 Å². The van der Waals surface area contributed by atoms with Gasteiger partial charge in [-0.3, -0.25) is 9.20 Å². The van der Waals surface area contributed by atoms with Crippen molar-refractivity contribution in [2.24, 2.45) is 0 Å². The van der Waals surface area contributed by atoms with Crippen LogP contribution in [0.2, 0.25) is 0 Å². The zero-order valence-electron chi connectivity index (χ0n) is 12.9. The molecule has 122 valence electrons. The highest BCUT2D eigenvalue weighted by Gasteiger charge is 2.11. The predicted molar refractivity (Wildman–Crippen MR) is 94.6 cm³/mol. The van der Waals surface area contributed by atoms with Gasteiger partial charge in [-0.15, -0.1) is 22.7 Å². The number of rotatable bonds is 5. The Balaban J connectivity index is 1.38. The summed E-state index contributed by atoms with van der Waals surface area (Å²) in [6.45, 7) is 1.97. The highest BCUT2D eigenvalue weighted by molar-refractivity contribution is 7.15. The lowest BCUT2D eigenvalue weighted by Crippen LogP contribution is -2.12. The summed E-state index contributed by atoms with van der Waals surface area (Å²) in [5.74, 6) is 0.648. The molecule has 4 aromatic rings. The third-order valence-corrected chi connectivity index (χ3v) is 5.18. The number of aryl methyl sites for hydroxylation is 2. The molecule has 0 fully saturated rings. The first-order chi connectivity index (χ1) is 11.7. The van der Waals surface area contributed by atoms with Crippen LogP contribution in [0.15, 0.2) is 39.8 Å². The summed E-state index contributed by atoms with van der Waals surface area (Å²) in [5.41, 5.74) is 2.82. The number of hydrogen-bond donors (Lipinski definition) is 1. The number of thiazole rings is 2. The fourth-order valence-corrected chi connectivity index (χ4v) is 4.08. The largest absolute Gasteiger partial charge is 0.463 e. The minimum Gasteiger partial charge on any atom is -0.463 e. The van der Waals surface area contributed by atoms with Crippen molar-refractivity contribution in [2.75, 3.05) is 5.32 Å². The smallest absolute Gasteiger partial charge is 0.226 e. The normalized spacial score (nSPS) is 11.2. The van der Waals surface area contributed by atoms with Crippen LogP contribution in [0.4, 0.5) is 5.13 Å². The zero-order valence-corrected chi connectivity index (χ0v) is 14.5. The summed E-state index contributed by atoms with van der Waals surface area (Å²) < 4.78 is 7.35. The summed E-state index contributed by atoms with van der Waals surface area (Å²) >= 11 is 2.98. The van der Waals surface area contributed by atoms with E-state index in [9.17, 15) is 4.79 Å². The molecular formula is C16H14N4O2S2. The first kappa shape index (κ1) is 15.1. The van der Waals surface area contributed by atoms with E-state index in [0.29, 0.717) is 23.7 Å². The second kappa shape index (κ2) is 6.21. The Labute approximate surface area is 145 Å². The number of nitrogens with one attached hydrogen (secondary N) is 1. The maximum Gasteiger partial charge on any atom is 0.226 e. The first-order valence-electron chi connectivity index (χ1n) is 7.40. The van der Waals surface area contributed by atoms with E-state index in [-0.39, 0.29) is 5.91 Å². The molecule has 0 radical (unpaired) electrons. The molecule has 4 heterocycles. The van der Waals surface area contributed by atoms with Crippen LogP contribution in [0.5, 0.6) is 0 Å². The van der Waals surface area contributed by atoms with Gasteiger partial charge in [-0.25, -0.2) is 9.97 Å². The maximum absolute atomic E-state index is 12.2. The van der Waals surface area contributed by atoms with Gasteiger partial charge in [0.05, 0.1) is 12.0 Å². The van der Waals surface area contributed by atoms with Crippen molar-refractivity contribution >= 4 is 38.7 Å². The van der Waals surface area contributed by atoms with Crippen LogP contribution in [0.3, 0.4) is 0 Å². The number of furan rings is 1. The number of amides is 1. The van der Waals surface area contributed by atoms with Gasteiger partial charge < -0.3 is 9.73 Å². The topological polar surface area (TPSA) is 72.4 Å². The number of nitrogens with zero attached hydrogens (tertiary/aromatic N) is 3. The van der Waals surface area contributed by atoms with Crippen molar-refractivity contribution in [3.63, 3.8) is 0 Å². The van der Waals surface area contributed by atoms with Gasteiger partial charge in [0.25, 0.3) is 0 Å². The first-order valence-corrected chi connectivity index (χ1v) is 9.16. The molecule has 24 heavy (non-hydrogen) atoms. The molecule has 0 spiro atoms. The van der Waals surface area contributed by atoms with Crippen molar-refractivity contribution in [3.8, 4) is 11.5 Å². The second-order valence-electron chi connectivity index (χ2n) is 5.33. The SMILES string of the molecule is Cc1cn2c(CCC(=O)Nc3nc(-c4ccco4)cs3)csc2n1. The molecule has 6 nitrogen and oxygen atoms in total. The highest BCUT2D eigenvalue weighted by atomic mass is 32.1. The van der Waals surface area contributed by atoms with Gasteiger partial charge in [0.15, 0.2) is 15.9 Å². The van der Waals surface area contributed by atoms with Crippen molar-refractivity contribution in [3.05, 3.63) is 46.7 Å². The Kier molecular flexibility index (Phi) is 3.91. The molecule has 4 aromatic heterocycles. The van der Waals surface area contributed by atoms with Crippen LogP contribution in [-0.4, -0.2) is 20.3 Å². The molecule has 0 aliphatic heterocycles. The summed E-state index contributed by atoms with van der Waals surface area (Å²) in [5, 5.41) is 7.34. The van der Waals surface area contributed by atoms with Crippen molar-refractivity contribution in [2.45, 2.75) is 19.8 Å². The molecule has 1 amide bonds. The van der Waals surface area contributed by atoms with Crippen LogP contribution in [0.25, 0.3) is 16.4 Å². The molecule has 8 heteroatoms. The summed E-state index contributed by atoms with van der Waals surface area (Å²) in [7, 11) is 0. The molecule has 0 aliphatic carbocycles. The summed E-state index contributed by atoms with van der Waals surface area (Å²) in [4.78, 5) is 21.9. The van der Waals surface area contributed by atoms with Gasteiger partial charge >= 0.3 is 0 Å². The van der Waals surface area contributed by atoms with Crippen molar-refractivity contribution in [1.29, 1.82) is 0 Å².